The number of fused-ring (bicyclic) bond motifs is 2. The Morgan fingerprint density at radius 3 is 2.62 bits per heavy atom. The molecule has 7 nitrogen and oxygen atoms in total. The van der Waals surface area contributed by atoms with Gasteiger partial charge in [0.05, 0.1) is 16.8 Å². The Hall–Kier alpha value is -3.40. The van der Waals surface area contributed by atoms with E-state index in [4.69, 9.17) is 0 Å². The summed E-state index contributed by atoms with van der Waals surface area (Å²) in [6.45, 7) is 1.06. The topological polar surface area (TPSA) is 69.2 Å². The maximum Gasteiger partial charge on any atom is 0.418 e. The minimum Gasteiger partial charge on any atom is -0.320 e. The molecule has 0 radical (unpaired) electrons. The zero-order valence-corrected chi connectivity index (χ0v) is 21.7. The van der Waals surface area contributed by atoms with Crippen molar-refractivity contribution in [3.8, 4) is 5.69 Å². The molecule has 3 aliphatic carbocycles. The first-order valence-corrected chi connectivity index (χ1v) is 13.8. The van der Waals surface area contributed by atoms with E-state index in [0.29, 0.717) is 17.2 Å². The van der Waals surface area contributed by atoms with Crippen LogP contribution in [0.15, 0.2) is 53.8 Å². The van der Waals surface area contributed by atoms with E-state index >= 15 is 0 Å². The summed E-state index contributed by atoms with van der Waals surface area (Å²) in [4.78, 5) is 13.5. The number of rotatable bonds is 9. The zero-order valence-electron chi connectivity index (χ0n) is 21.7. The molecule has 0 amide bonds. The number of aromatic nitrogens is 5. The van der Waals surface area contributed by atoms with Crippen LogP contribution in [0, 0.1) is 23.7 Å². The minimum absolute atomic E-state index is 0.00359. The molecule has 1 N–H and O–H groups in total. The van der Waals surface area contributed by atoms with Gasteiger partial charge in [-0.05, 0) is 85.2 Å². The van der Waals surface area contributed by atoms with E-state index in [2.05, 4.69) is 15.5 Å². The van der Waals surface area contributed by atoms with Crippen molar-refractivity contribution in [2.45, 2.75) is 50.7 Å². The molecule has 10 heteroatoms. The third-order valence-corrected chi connectivity index (χ3v) is 9.12. The van der Waals surface area contributed by atoms with E-state index in [9.17, 15) is 18.0 Å². The van der Waals surface area contributed by atoms with Gasteiger partial charge in [-0.3, -0.25) is 8.97 Å². The summed E-state index contributed by atoms with van der Waals surface area (Å²) in [6, 6.07) is 8.68. The molecule has 7 rings (SSSR count). The van der Waals surface area contributed by atoms with Gasteiger partial charge in [-0.2, -0.15) is 13.2 Å². The molecule has 3 aliphatic rings. The summed E-state index contributed by atoms with van der Waals surface area (Å²) in [5.74, 6) is 3.87. The fraction of sp³-hybridized carbons (Fsp3) is 0.483. The van der Waals surface area contributed by atoms with E-state index in [0.717, 1.165) is 71.8 Å². The number of imidazole rings is 1. The third-order valence-electron chi connectivity index (χ3n) is 9.12. The van der Waals surface area contributed by atoms with Crippen LogP contribution < -0.4 is 11.0 Å². The van der Waals surface area contributed by atoms with Crippen molar-refractivity contribution in [3.63, 3.8) is 0 Å². The lowest BCUT2D eigenvalue weighted by Crippen LogP contribution is -2.24. The van der Waals surface area contributed by atoms with Crippen LogP contribution in [0.2, 0.25) is 0 Å². The van der Waals surface area contributed by atoms with E-state index in [1.54, 1.807) is 12.4 Å². The Kier molecular flexibility index (Phi) is 5.73. The lowest BCUT2D eigenvalue weighted by molar-refractivity contribution is -0.136. The van der Waals surface area contributed by atoms with Gasteiger partial charge in [-0.1, -0.05) is 18.6 Å². The predicted octanol–water partition coefficient (Wildman–Crippen LogP) is 4.92. The molecule has 0 bridgehead atoms. The van der Waals surface area contributed by atoms with Crippen LogP contribution in [-0.2, 0) is 19.8 Å². The molecule has 3 atom stereocenters. The number of pyridine rings is 1. The second-order valence-corrected chi connectivity index (χ2v) is 11.6. The van der Waals surface area contributed by atoms with Crippen LogP contribution in [0.1, 0.15) is 60.5 Å². The molecular formula is C29H31F3N6O. The summed E-state index contributed by atoms with van der Waals surface area (Å²) in [7, 11) is 1.91. The summed E-state index contributed by atoms with van der Waals surface area (Å²) >= 11 is 0. The van der Waals surface area contributed by atoms with Gasteiger partial charge in [0.1, 0.15) is 12.2 Å². The maximum atomic E-state index is 14.1. The fourth-order valence-electron chi connectivity index (χ4n) is 6.44. The number of halogens is 3. The van der Waals surface area contributed by atoms with Crippen LogP contribution in [0.25, 0.3) is 11.2 Å². The lowest BCUT2D eigenvalue weighted by atomic mass is 9.72. The Labute approximate surface area is 223 Å². The molecule has 204 valence electrons. The Balaban J connectivity index is 1.23. The van der Waals surface area contributed by atoms with Crippen molar-refractivity contribution in [1.82, 2.24) is 29.0 Å². The Morgan fingerprint density at radius 2 is 1.97 bits per heavy atom. The first-order valence-electron chi connectivity index (χ1n) is 13.8. The van der Waals surface area contributed by atoms with E-state index in [1.807, 2.05) is 29.8 Å². The average molecular weight is 537 g/mol. The van der Waals surface area contributed by atoms with Gasteiger partial charge in [0, 0.05) is 31.9 Å². The van der Waals surface area contributed by atoms with E-state index in [1.165, 1.54) is 23.4 Å². The smallest absolute Gasteiger partial charge is 0.320 e. The highest BCUT2D eigenvalue weighted by molar-refractivity contribution is 5.58. The number of alkyl halides is 3. The lowest BCUT2D eigenvalue weighted by Gasteiger charge is -2.33. The van der Waals surface area contributed by atoms with Gasteiger partial charge >= 0.3 is 11.9 Å². The molecule has 39 heavy (non-hydrogen) atoms. The normalized spacial score (nSPS) is 23.0. The van der Waals surface area contributed by atoms with Crippen LogP contribution in [0.3, 0.4) is 0 Å². The molecule has 0 spiro atoms. The van der Waals surface area contributed by atoms with Gasteiger partial charge < -0.3 is 9.88 Å². The van der Waals surface area contributed by atoms with Crippen LogP contribution in [0.4, 0.5) is 13.2 Å². The summed E-state index contributed by atoms with van der Waals surface area (Å²) < 4.78 is 46.8. The Morgan fingerprint density at radius 1 is 1.15 bits per heavy atom. The first kappa shape index (κ1) is 24.6. The van der Waals surface area contributed by atoms with Crippen LogP contribution in [-0.4, -0.2) is 30.3 Å². The highest BCUT2D eigenvalue weighted by Crippen LogP contribution is 2.69. The Bertz CT molecular complexity index is 1590. The standard InChI is InChI=1S/C29H31F3N6O/c1-36-16-34-35-27(36)26(18-4-2-5-18)19-6-3-7-20(11-19)37-15-25-24(29(30,31)32)10-17(14-38(25)28(37)39)13-33-9-8-21-22-12-23(21)22/h3,6-7,10-11,14-16,18,21-23,26,33H,2,4-5,8-9,12-13H2,1H3/t21?,22?,23?,26-/m1/s1. The molecule has 1 aromatic carbocycles. The highest BCUT2D eigenvalue weighted by Gasteiger charge is 2.62. The number of hydrogen-bond acceptors (Lipinski definition) is 4. The summed E-state index contributed by atoms with van der Waals surface area (Å²) in [6.07, 6.45) is 5.64. The predicted molar refractivity (Wildman–Crippen MR) is 140 cm³/mol. The number of nitrogens with zero attached hydrogens (tertiary/aromatic N) is 5. The zero-order chi connectivity index (χ0) is 26.9. The second-order valence-electron chi connectivity index (χ2n) is 11.6. The summed E-state index contributed by atoms with van der Waals surface area (Å²) in [5.41, 5.74) is 0.476. The second kappa shape index (κ2) is 9.08. The van der Waals surface area contributed by atoms with Gasteiger partial charge in [0.15, 0.2) is 0 Å². The van der Waals surface area contributed by atoms with Gasteiger partial charge in [-0.25, -0.2) is 4.79 Å². The molecule has 4 aromatic rings. The average Bonchev–Trinajstić information content (AvgIpc) is 3.72. The van der Waals surface area contributed by atoms with Crippen LogP contribution >= 0.6 is 0 Å². The highest BCUT2D eigenvalue weighted by atomic mass is 19.4. The SMILES string of the molecule is Cn1cnnc1[C@@H](c1cccc(-n2cc3c(C(F)(F)F)cc(CNCCC4C5CC45)cn3c2=O)c1)C1CCC1. The van der Waals surface area contributed by atoms with Crippen molar-refractivity contribution in [1.29, 1.82) is 0 Å². The fourth-order valence-corrected chi connectivity index (χ4v) is 6.44. The van der Waals surface area contributed by atoms with Crippen molar-refractivity contribution in [3.05, 3.63) is 82.1 Å². The molecule has 3 heterocycles. The van der Waals surface area contributed by atoms with E-state index < -0.39 is 17.4 Å². The number of nitrogens with one attached hydrogen (secondary N) is 1. The number of hydrogen-bond donors (Lipinski definition) is 1. The van der Waals surface area contributed by atoms with Gasteiger partial charge in [-0.15, -0.1) is 10.2 Å². The van der Waals surface area contributed by atoms with Gasteiger partial charge in [0.2, 0.25) is 0 Å². The van der Waals surface area contributed by atoms with Crippen LogP contribution in [0.5, 0.6) is 0 Å². The summed E-state index contributed by atoms with van der Waals surface area (Å²) in [5, 5.41) is 11.7. The monoisotopic (exact) mass is 536 g/mol. The van der Waals surface area contributed by atoms with Crippen molar-refractivity contribution >= 4 is 5.52 Å². The number of aryl methyl sites for hydroxylation is 1. The van der Waals surface area contributed by atoms with Crippen molar-refractivity contribution < 1.29 is 13.2 Å². The molecule has 3 saturated carbocycles. The molecule has 0 aliphatic heterocycles. The first-order chi connectivity index (χ1) is 18.8. The largest absolute Gasteiger partial charge is 0.418 e. The minimum atomic E-state index is -4.59. The quantitative estimate of drug-likeness (QED) is 0.309. The molecular weight excluding hydrogens is 505 g/mol. The van der Waals surface area contributed by atoms with Crippen molar-refractivity contribution in [2.75, 3.05) is 6.54 Å². The van der Waals surface area contributed by atoms with Gasteiger partial charge in [0.25, 0.3) is 0 Å². The molecule has 3 fully saturated rings. The molecule has 0 saturated heterocycles. The van der Waals surface area contributed by atoms with E-state index in [-0.39, 0.29) is 18.0 Å². The number of benzene rings is 1. The maximum absolute atomic E-state index is 14.1. The third kappa shape index (κ3) is 4.38. The van der Waals surface area contributed by atoms with Crippen molar-refractivity contribution in [2.24, 2.45) is 30.7 Å². The molecule has 3 aromatic heterocycles. The molecule has 2 unspecified atom stereocenters.